The third kappa shape index (κ3) is 0.944. The second-order valence-corrected chi connectivity index (χ2v) is 5.33. The maximum Gasteiger partial charge on any atom is 0.0623 e. The first kappa shape index (κ1) is 8.52. The van der Waals surface area contributed by atoms with Gasteiger partial charge in [0, 0.05) is 0 Å². The molecule has 2 rings (SSSR count). The molecule has 2 N–H and O–H groups in total. The van der Waals surface area contributed by atoms with E-state index in [9.17, 15) is 10.2 Å². The summed E-state index contributed by atoms with van der Waals surface area (Å²) in [6.45, 7) is 5.84. The molecule has 0 radical (unpaired) electrons. The van der Waals surface area contributed by atoms with Crippen molar-refractivity contribution in [1.82, 2.24) is 0 Å². The third-order valence-electron chi connectivity index (χ3n) is 3.98. The molecular formula is C10H18O2. The second-order valence-electron chi connectivity index (χ2n) is 5.33. The summed E-state index contributed by atoms with van der Waals surface area (Å²) >= 11 is 0. The Bertz CT molecular complexity index is 206. The van der Waals surface area contributed by atoms with Crippen molar-refractivity contribution in [3.63, 3.8) is 0 Å². The summed E-state index contributed by atoms with van der Waals surface area (Å²) in [6.07, 6.45) is 1.70. The molecule has 2 saturated carbocycles. The lowest BCUT2D eigenvalue weighted by Gasteiger charge is -2.27. The van der Waals surface area contributed by atoms with E-state index in [2.05, 4.69) is 6.92 Å². The van der Waals surface area contributed by atoms with Crippen LogP contribution in [0, 0.1) is 17.3 Å². The molecule has 0 unspecified atom stereocenters. The fourth-order valence-electron chi connectivity index (χ4n) is 2.85. The van der Waals surface area contributed by atoms with Gasteiger partial charge in [-0.05, 0) is 43.9 Å². The summed E-state index contributed by atoms with van der Waals surface area (Å²) in [7, 11) is 0. The number of hydrogen-bond donors (Lipinski definition) is 2. The van der Waals surface area contributed by atoms with Crippen LogP contribution in [-0.2, 0) is 0 Å². The molecule has 0 aliphatic heterocycles. The molecular weight excluding hydrogens is 152 g/mol. The first-order chi connectivity index (χ1) is 5.36. The van der Waals surface area contributed by atoms with Crippen molar-refractivity contribution >= 4 is 0 Å². The molecule has 0 aromatic heterocycles. The molecule has 2 nitrogen and oxygen atoms in total. The zero-order valence-corrected chi connectivity index (χ0v) is 8.04. The number of hydrogen-bond acceptors (Lipinski definition) is 2. The Hall–Kier alpha value is -0.0800. The third-order valence-corrected chi connectivity index (χ3v) is 3.98. The summed E-state index contributed by atoms with van der Waals surface area (Å²) in [5, 5.41) is 19.6. The zero-order chi connectivity index (χ0) is 9.15. The Morgan fingerprint density at radius 2 is 2.00 bits per heavy atom. The molecule has 0 amide bonds. The van der Waals surface area contributed by atoms with E-state index >= 15 is 0 Å². The fraction of sp³-hybridized carbons (Fsp3) is 1.00. The molecule has 0 saturated heterocycles. The smallest absolute Gasteiger partial charge is 0.0623 e. The number of fused-ring (bicyclic) bond motifs is 1. The van der Waals surface area contributed by atoms with Gasteiger partial charge in [-0.15, -0.1) is 0 Å². The first-order valence-electron chi connectivity index (χ1n) is 4.76. The van der Waals surface area contributed by atoms with Gasteiger partial charge < -0.3 is 10.2 Å². The van der Waals surface area contributed by atoms with Crippen LogP contribution in [-0.4, -0.2) is 21.9 Å². The molecule has 0 bridgehead atoms. The quantitative estimate of drug-likeness (QED) is 0.620. The highest BCUT2D eigenvalue weighted by Gasteiger charge is 2.66. The Morgan fingerprint density at radius 1 is 1.42 bits per heavy atom. The van der Waals surface area contributed by atoms with Crippen molar-refractivity contribution in [2.45, 2.75) is 45.3 Å². The number of aliphatic hydroxyl groups excluding tert-OH is 1. The van der Waals surface area contributed by atoms with Crippen molar-refractivity contribution in [2.75, 3.05) is 0 Å². The van der Waals surface area contributed by atoms with Crippen LogP contribution in [0.3, 0.4) is 0 Å². The van der Waals surface area contributed by atoms with Gasteiger partial charge in [0.2, 0.25) is 0 Å². The van der Waals surface area contributed by atoms with E-state index in [1.165, 1.54) is 0 Å². The van der Waals surface area contributed by atoms with E-state index in [0.29, 0.717) is 11.8 Å². The lowest BCUT2D eigenvalue weighted by atomic mass is 9.86. The van der Waals surface area contributed by atoms with Gasteiger partial charge in [-0.3, -0.25) is 0 Å². The molecule has 4 atom stereocenters. The van der Waals surface area contributed by atoms with Crippen molar-refractivity contribution in [3.8, 4) is 0 Å². The molecule has 0 spiro atoms. The van der Waals surface area contributed by atoms with Crippen molar-refractivity contribution in [3.05, 3.63) is 0 Å². The Kier molecular flexibility index (Phi) is 1.45. The normalized spacial score (nSPS) is 52.2. The van der Waals surface area contributed by atoms with Crippen LogP contribution in [0.15, 0.2) is 0 Å². The Morgan fingerprint density at radius 3 is 2.17 bits per heavy atom. The fourth-order valence-corrected chi connectivity index (χ4v) is 2.85. The number of aliphatic hydroxyl groups is 2. The minimum atomic E-state index is -0.611. The Balaban J connectivity index is 2.15. The topological polar surface area (TPSA) is 40.5 Å². The van der Waals surface area contributed by atoms with Crippen LogP contribution in [0.25, 0.3) is 0 Å². The van der Waals surface area contributed by atoms with Crippen LogP contribution < -0.4 is 0 Å². The molecule has 70 valence electrons. The zero-order valence-electron chi connectivity index (χ0n) is 8.04. The molecule has 2 aliphatic carbocycles. The molecule has 2 heteroatoms. The molecule has 2 aliphatic rings. The maximum atomic E-state index is 9.84. The SMILES string of the molecule is CC(C)(O)[C@H]1C[C@H](O)[C@@]2(C)C[C@@H]12. The molecule has 0 aromatic rings. The van der Waals surface area contributed by atoms with E-state index in [1.807, 2.05) is 13.8 Å². The lowest BCUT2D eigenvalue weighted by molar-refractivity contribution is 0.00104. The van der Waals surface area contributed by atoms with Crippen molar-refractivity contribution in [1.29, 1.82) is 0 Å². The largest absolute Gasteiger partial charge is 0.393 e. The lowest BCUT2D eigenvalue weighted by Crippen LogP contribution is -2.31. The highest BCUT2D eigenvalue weighted by Crippen LogP contribution is 2.67. The van der Waals surface area contributed by atoms with Gasteiger partial charge in [-0.25, -0.2) is 0 Å². The van der Waals surface area contributed by atoms with Gasteiger partial charge in [0.05, 0.1) is 11.7 Å². The van der Waals surface area contributed by atoms with E-state index in [1.54, 1.807) is 0 Å². The summed E-state index contributed by atoms with van der Waals surface area (Å²) in [5.41, 5.74) is -0.468. The highest BCUT2D eigenvalue weighted by atomic mass is 16.3. The van der Waals surface area contributed by atoms with Crippen LogP contribution >= 0.6 is 0 Å². The predicted molar refractivity (Wildman–Crippen MR) is 46.6 cm³/mol. The van der Waals surface area contributed by atoms with E-state index in [-0.39, 0.29) is 11.5 Å². The average molecular weight is 170 g/mol. The highest BCUT2D eigenvalue weighted by molar-refractivity contribution is 5.15. The van der Waals surface area contributed by atoms with Gasteiger partial charge in [-0.2, -0.15) is 0 Å². The van der Waals surface area contributed by atoms with Crippen molar-refractivity contribution in [2.24, 2.45) is 17.3 Å². The molecule has 2 fully saturated rings. The predicted octanol–water partition coefficient (Wildman–Crippen LogP) is 1.16. The summed E-state index contributed by atoms with van der Waals surface area (Å²) in [6, 6.07) is 0. The van der Waals surface area contributed by atoms with E-state index < -0.39 is 5.60 Å². The molecule has 0 heterocycles. The average Bonchev–Trinajstić information content (AvgIpc) is 2.49. The minimum Gasteiger partial charge on any atom is -0.393 e. The summed E-state index contributed by atoms with van der Waals surface area (Å²) in [4.78, 5) is 0. The summed E-state index contributed by atoms with van der Waals surface area (Å²) < 4.78 is 0. The van der Waals surface area contributed by atoms with Crippen molar-refractivity contribution < 1.29 is 10.2 Å². The molecule has 12 heavy (non-hydrogen) atoms. The maximum absolute atomic E-state index is 9.84. The summed E-state index contributed by atoms with van der Waals surface area (Å²) in [5.74, 6) is 0.866. The first-order valence-corrected chi connectivity index (χ1v) is 4.76. The van der Waals surface area contributed by atoms with Gasteiger partial charge in [-0.1, -0.05) is 6.92 Å². The van der Waals surface area contributed by atoms with Crippen LogP contribution in [0.1, 0.15) is 33.6 Å². The van der Waals surface area contributed by atoms with Gasteiger partial charge in [0.1, 0.15) is 0 Å². The second kappa shape index (κ2) is 2.05. The van der Waals surface area contributed by atoms with Gasteiger partial charge in [0.15, 0.2) is 0 Å². The minimum absolute atomic E-state index is 0.144. The van der Waals surface area contributed by atoms with Gasteiger partial charge >= 0.3 is 0 Å². The number of rotatable bonds is 1. The van der Waals surface area contributed by atoms with Crippen LogP contribution in [0.2, 0.25) is 0 Å². The standard InChI is InChI=1S/C10H18O2/c1-9(2,12)6-4-8(11)10(3)5-7(6)10/h6-8,11-12H,4-5H2,1-3H3/t6-,7-,8-,10-/m0/s1. The Labute approximate surface area is 73.6 Å². The van der Waals surface area contributed by atoms with E-state index in [0.717, 1.165) is 12.8 Å². The van der Waals surface area contributed by atoms with E-state index in [4.69, 9.17) is 0 Å². The van der Waals surface area contributed by atoms with Crippen LogP contribution in [0.4, 0.5) is 0 Å². The van der Waals surface area contributed by atoms with Gasteiger partial charge in [0.25, 0.3) is 0 Å². The van der Waals surface area contributed by atoms with Crippen LogP contribution in [0.5, 0.6) is 0 Å². The monoisotopic (exact) mass is 170 g/mol. The molecule has 0 aromatic carbocycles.